The van der Waals surface area contributed by atoms with Crippen molar-refractivity contribution in [2.24, 2.45) is 0 Å². The number of nitrogens with zero attached hydrogens (tertiary/aromatic N) is 2. The quantitative estimate of drug-likeness (QED) is 0.458. The highest BCUT2D eigenvalue weighted by atomic mass is 16.6. The summed E-state index contributed by atoms with van der Waals surface area (Å²) in [6.45, 7) is 8.30. The fourth-order valence-corrected chi connectivity index (χ4v) is 5.13. The Labute approximate surface area is 213 Å². The molecule has 1 aromatic carbocycles. The van der Waals surface area contributed by atoms with Gasteiger partial charge in [0.15, 0.2) is 0 Å². The Morgan fingerprint density at radius 2 is 1.89 bits per heavy atom. The molecule has 0 bridgehead atoms. The lowest BCUT2D eigenvalue weighted by Crippen LogP contribution is -2.47. The van der Waals surface area contributed by atoms with E-state index in [1.165, 1.54) is 11.1 Å². The van der Waals surface area contributed by atoms with Crippen LogP contribution in [0.3, 0.4) is 0 Å². The molecule has 0 spiro atoms. The summed E-state index contributed by atoms with van der Waals surface area (Å²) < 4.78 is 5.35. The summed E-state index contributed by atoms with van der Waals surface area (Å²) in [5.74, 6) is 0.986. The van der Waals surface area contributed by atoms with Crippen molar-refractivity contribution in [3.8, 4) is 0 Å². The monoisotopic (exact) mass is 494 g/mol. The van der Waals surface area contributed by atoms with Crippen LogP contribution in [0, 0.1) is 6.92 Å². The summed E-state index contributed by atoms with van der Waals surface area (Å²) in [6, 6.07) is 12.4. The maximum absolute atomic E-state index is 12.2. The van der Waals surface area contributed by atoms with E-state index >= 15 is 0 Å². The van der Waals surface area contributed by atoms with E-state index in [0.717, 1.165) is 43.5 Å². The molecule has 2 amide bonds. The lowest BCUT2D eigenvalue weighted by atomic mass is 9.90. The number of alkyl carbamates (subject to hydrolysis) is 1. The van der Waals surface area contributed by atoms with Crippen molar-refractivity contribution in [1.29, 1.82) is 0 Å². The summed E-state index contributed by atoms with van der Waals surface area (Å²) in [6.07, 6.45) is 4.36. The maximum atomic E-state index is 12.2. The van der Waals surface area contributed by atoms with Gasteiger partial charge in [0.1, 0.15) is 11.4 Å². The molecule has 1 aromatic heterocycles. The van der Waals surface area contributed by atoms with Gasteiger partial charge in [-0.2, -0.15) is 0 Å². The highest BCUT2D eigenvalue weighted by Crippen LogP contribution is 2.46. The summed E-state index contributed by atoms with van der Waals surface area (Å²) >= 11 is 0. The molecule has 2 aliphatic carbocycles. The lowest BCUT2D eigenvalue weighted by Gasteiger charge is -2.36. The number of ether oxygens (including phenoxy) is 1. The van der Waals surface area contributed by atoms with E-state index in [1.807, 2.05) is 39.1 Å². The van der Waals surface area contributed by atoms with Crippen molar-refractivity contribution in [2.75, 3.05) is 5.32 Å². The Morgan fingerprint density at radius 3 is 2.50 bits per heavy atom. The molecule has 4 rings (SSSR count). The number of hydrogen-bond donors (Lipinski definition) is 3. The van der Waals surface area contributed by atoms with Gasteiger partial charge in [0, 0.05) is 36.8 Å². The van der Waals surface area contributed by atoms with Crippen LogP contribution < -0.4 is 10.6 Å². The minimum absolute atomic E-state index is 0.0178. The van der Waals surface area contributed by atoms with Gasteiger partial charge in [0.2, 0.25) is 0 Å². The highest BCUT2D eigenvalue weighted by molar-refractivity contribution is 5.68. The van der Waals surface area contributed by atoms with Crippen molar-refractivity contribution in [3.05, 3.63) is 59.3 Å². The van der Waals surface area contributed by atoms with Crippen LogP contribution in [0.5, 0.6) is 0 Å². The Balaban J connectivity index is 1.28. The molecule has 8 heteroatoms. The number of carbonyl (C=O) groups excluding carboxylic acids is 1. The molecular formula is C28H38N4O4. The van der Waals surface area contributed by atoms with Crippen molar-refractivity contribution in [1.82, 2.24) is 15.2 Å². The van der Waals surface area contributed by atoms with Gasteiger partial charge in [-0.05, 0) is 77.0 Å². The number of carboxylic acid groups (broad SMARTS) is 1. The first-order valence-corrected chi connectivity index (χ1v) is 12.8. The fraction of sp³-hybridized carbons (Fsp3) is 0.536. The number of hydrogen-bond acceptors (Lipinski definition) is 5. The molecule has 194 valence electrons. The van der Waals surface area contributed by atoms with Gasteiger partial charge in [0.05, 0.1) is 0 Å². The van der Waals surface area contributed by atoms with E-state index in [4.69, 9.17) is 4.74 Å². The van der Waals surface area contributed by atoms with Crippen LogP contribution in [-0.2, 0) is 11.3 Å². The predicted molar refractivity (Wildman–Crippen MR) is 139 cm³/mol. The third-order valence-corrected chi connectivity index (χ3v) is 6.92. The van der Waals surface area contributed by atoms with Gasteiger partial charge in [0.25, 0.3) is 0 Å². The standard InChI is InChI=1S/C28H38N4O4/c1-18-6-5-7-19(14-18)16-29-25-13-8-20(17-30-25)23-15-24(23)32(27(34)35)22-11-9-21(10-12-22)31-26(33)36-28(2,3)4/h5-8,13-14,17,21-24H,9-12,15-16H2,1-4H3,(H,29,30)(H,31,33)(H,34,35)/t21?,22?,23-,24+/m0/s1. The topological polar surface area (TPSA) is 104 Å². The first kappa shape index (κ1) is 25.8. The molecule has 2 aromatic rings. The van der Waals surface area contributed by atoms with E-state index in [-0.39, 0.29) is 24.0 Å². The second-order valence-electron chi connectivity index (χ2n) is 11.1. The second kappa shape index (κ2) is 10.8. The third kappa shape index (κ3) is 6.89. The Bertz CT molecular complexity index is 1060. The minimum atomic E-state index is -0.865. The van der Waals surface area contributed by atoms with Crippen molar-refractivity contribution >= 4 is 18.0 Å². The van der Waals surface area contributed by atoms with E-state index < -0.39 is 17.8 Å². The zero-order valence-corrected chi connectivity index (χ0v) is 21.7. The molecule has 0 unspecified atom stereocenters. The number of carbonyl (C=O) groups is 2. The molecule has 3 N–H and O–H groups in total. The van der Waals surface area contributed by atoms with Crippen LogP contribution in [0.4, 0.5) is 15.4 Å². The van der Waals surface area contributed by atoms with E-state index in [0.29, 0.717) is 6.54 Å². The molecular weight excluding hydrogens is 456 g/mol. The van der Waals surface area contributed by atoms with E-state index in [1.54, 1.807) is 4.90 Å². The number of aryl methyl sites for hydroxylation is 1. The smallest absolute Gasteiger partial charge is 0.407 e. The first-order chi connectivity index (χ1) is 17.1. The van der Waals surface area contributed by atoms with Crippen LogP contribution in [-0.4, -0.2) is 50.9 Å². The molecule has 0 radical (unpaired) electrons. The largest absolute Gasteiger partial charge is 0.465 e. The highest BCUT2D eigenvalue weighted by Gasteiger charge is 2.48. The normalized spacial score (nSPS) is 23.4. The molecule has 2 fully saturated rings. The molecule has 2 aliphatic rings. The number of nitrogens with one attached hydrogen (secondary N) is 2. The molecule has 1 heterocycles. The molecule has 8 nitrogen and oxygen atoms in total. The van der Waals surface area contributed by atoms with Gasteiger partial charge >= 0.3 is 12.2 Å². The predicted octanol–water partition coefficient (Wildman–Crippen LogP) is 5.67. The van der Waals surface area contributed by atoms with Gasteiger partial charge in [-0.1, -0.05) is 35.9 Å². The lowest BCUT2D eigenvalue weighted by molar-refractivity contribution is 0.0471. The van der Waals surface area contributed by atoms with Crippen molar-refractivity contribution in [3.63, 3.8) is 0 Å². The van der Waals surface area contributed by atoms with E-state index in [2.05, 4.69) is 46.8 Å². The van der Waals surface area contributed by atoms with Crippen LogP contribution in [0.1, 0.15) is 75.5 Å². The average Bonchev–Trinajstić information content (AvgIpc) is 3.58. The van der Waals surface area contributed by atoms with Gasteiger partial charge in [-0.3, -0.25) is 0 Å². The van der Waals surface area contributed by atoms with Crippen molar-refractivity contribution < 1.29 is 19.4 Å². The summed E-state index contributed by atoms with van der Waals surface area (Å²) in [7, 11) is 0. The maximum Gasteiger partial charge on any atom is 0.407 e. The Hall–Kier alpha value is -3.29. The number of aromatic nitrogens is 1. The minimum Gasteiger partial charge on any atom is -0.465 e. The van der Waals surface area contributed by atoms with Crippen LogP contribution in [0.15, 0.2) is 42.6 Å². The summed E-state index contributed by atoms with van der Waals surface area (Å²) in [5, 5.41) is 16.3. The summed E-state index contributed by atoms with van der Waals surface area (Å²) in [5.41, 5.74) is 2.98. The first-order valence-electron chi connectivity index (χ1n) is 12.8. The zero-order chi connectivity index (χ0) is 25.9. The Kier molecular flexibility index (Phi) is 7.71. The second-order valence-corrected chi connectivity index (χ2v) is 11.1. The molecule has 0 saturated heterocycles. The Morgan fingerprint density at radius 1 is 1.14 bits per heavy atom. The molecule has 2 atom stereocenters. The van der Waals surface area contributed by atoms with Crippen LogP contribution in [0.2, 0.25) is 0 Å². The molecule has 36 heavy (non-hydrogen) atoms. The van der Waals surface area contributed by atoms with Crippen LogP contribution in [0.25, 0.3) is 0 Å². The van der Waals surface area contributed by atoms with Crippen molar-refractivity contribution in [2.45, 2.75) is 96.0 Å². The molecule has 2 saturated carbocycles. The van der Waals surface area contributed by atoms with Crippen LogP contribution >= 0.6 is 0 Å². The number of benzene rings is 1. The molecule has 0 aliphatic heterocycles. The third-order valence-electron chi connectivity index (χ3n) is 6.92. The van der Waals surface area contributed by atoms with Gasteiger partial charge in [-0.15, -0.1) is 0 Å². The number of anilines is 1. The number of amides is 2. The number of rotatable bonds is 7. The fourth-order valence-electron chi connectivity index (χ4n) is 5.13. The van der Waals surface area contributed by atoms with Gasteiger partial charge in [-0.25, -0.2) is 14.6 Å². The average molecular weight is 495 g/mol. The zero-order valence-electron chi connectivity index (χ0n) is 21.7. The number of pyridine rings is 1. The SMILES string of the molecule is Cc1cccc(CNc2ccc([C@@H]3C[C@H]3N(C(=O)O)C3CCC(NC(=O)OC(C)(C)C)CC3)cn2)c1. The van der Waals surface area contributed by atoms with Gasteiger partial charge < -0.3 is 25.4 Å². The summed E-state index contributed by atoms with van der Waals surface area (Å²) in [4.78, 5) is 30.5. The van der Waals surface area contributed by atoms with E-state index in [9.17, 15) is 14.7 Å².